The van der Waals surface area contributed by atoms with Crippen molar-refractivity contribution in [2.45, 2.75) is 32.4 Å². The molecular weight excluding hydrogens is 312 g/mol. The first-order valence-corrected chi connectivity index (χ1v) is 8.87. The fourth-order valence-corrected chi connectivity index (χ4v) is 3.39. The molecule has 2 aromatic carbocycles. The minimum Gasteiger partial charge on any atom is -0.497 e. The molecule has 1 heterocycles. The number of methoxy groups -OCH3 is 1. The van der Waals surface area contributed by atoms with Gasteiger partial charge in [0, 0.05) is 30.4 Å². The molecule has 0 radical (unpaired) electrons. The number of likely N-dealkylation sites (tertiary alicyclic amines) is 1. The number of ether oxygens (including phenoxy) is 1. The molecule has 1 unspecified atom stereocenters. The summed E-state index contributed by atoms with van der Waals surface area (Å²) in [5.41, 5.74) is 3.13. The number of rotatable bonds is 6. The van der Waals surface area contributed by atoms with Crippen molar-refractivity contribution in [1.82, 2.24) is 4.90 Å². The van der Waals surface area contributed by atoms with Crippen LogP contribution in [0.2, 0.25) is 0 Å². The lowest BCUT2D eigenvalue weighted by molar-refractivity contribution is 0.101. The van der Waals surface area contributed by atoms with E-state index in [1.54, 1.807) is 14.0 Å². The average Bonchev–Trinajstić information content (AvgIpc) is 2.63. The Labute approximate surface area is 149 Å². The van der Waals surface area contributed by atoms with Crippen molar-refractivity contribution in [2.75, 3.05) is 25.5 Å². The molecule has 4 heteroatoms. The maximum atomic E-state index is 11.6. The Morgan fingerprint density at radius 2 is 2.04 bits per heavy atom. The van der Waals surface area contributed by atoms with Gasteiger partial charge < -0.3 is 10.1 Å². The largest absolute Gasteiger partial charge is 0.497 e. The lowest BCUT2D eigenvalue weighted by Gasteiger charge is -2.33. The zero-order valence-electron chi connectivity index (χ0n) is 15.0. The van der Waals surface area contributed by atoms with Crippen molar-refractivity contribution in [3.8, 4) is 5.75 Å². The molecule has 1 fully saturated rings. The fourth-order valence-electron chi connectivity index (χ4n) is 3.39. The van der Waals surface area contributed by atoms with E-state index in [0.717, 1.165) is 36.6 Å². The van der Waals surface area contributed by atoms with E-state index < -0.39 is 0 Å². The van der Waals surface area contributed by atoms with E-state index in [0.29, 0.717) is 6.04 Å². The Morgan fingerprint density at radius 3 is 2.76 bits per heavy atom. The standard InChI is InChI=1S/C21H26N2O2/c1-16(24)18-6-3-5-17(13-18)14-23-12-4-7-20(15-23)22-19-8-10-21(25-2)11-9-19/h3,5-6,8-11,13,20,22H,4,7,12,14-15H2,1-2H3. The number of nitrogens with zero attached hydrogens (tertiary/aromatic N) is 1. The van der Waals surface area contributed by atoms with Gasteiger partial charge in [-0.3, -0.25) is 9.69 Å². The first kappa shape index (κ1) is 17.5. The van der Waals surface area contributed by atoms with Gasteiger partial charge in [0.15, 0.2) is 5.78 Å². The maximum absolute atomic E-state index is 11.6. The van der Waals surface area contributed by atoms with Crippen LogP contribution in [0.1, 0.15) is 35.7 Å². The number of Topliss-reactive ketones (excluding diaryl/α,β-unsaturated/α-hetero) is 1. The first-order chi connectivity index (χ1) is 12.1. The van der Waals surface area contributed by atoms with E-state index in [9.17, 15) is 4.79 Å². The van der Waals surface area contributed by atoms with Crippen LogP contribution in [0.4, 0.5) is 5.69 Å². The molecular formula is C21H26N2O2. The molecule has 0 aromatic heterocycles. The smallest absolute Gasteiger partial charge is 0.159 e. The monoisotopic (exact) mass is 338 g/mol. The van der Waals surface area contributed by atoms with E-state index in [2.05, 4.69) is 28.4 Å². The van der Waals surface area contributed by atoms with Crippen molar-refractivity contribution in [1.29, 1.82) is 0 Å². The quantitative estimate of drug-likeness (QED) is 0.809. The SMILES string of the molecule is COc1ccc(NC2CCCN(Cc3cccc(C(C)=O)c3)C2)cc1. The third-order valence-electron chi connectivity index (χ3n) is 4.71. The van der Waals surface area contributed by atoms with Crippen LogP contribution in [0.25, 0.3) is 0 Å². The molecule has 0 amide bonds. The number of ketones is 1. The van der Waals surface area contributed by atoms with Crippen LogP contribution in [0, 0.1) is 0 Å². The summed E-state index contributed by atoms with van der Waals surface area (Å²) in [4.78, 5) is 14.0. The van der Waals surface area contributed by atoms with Gasteiger partial charge in [0.25, 0.3) is 0 Å². The van der Waals surface area contributed by atoms with E-state index in [1.165, 1.54) is 18.4 Å². The third kappa shape index (κ3) is 4.83. The number of carbonyl (C=O) groups excluding carboxylic acids is 1. The molecule has 0 spiro atoms. The lowest BCUT2D eigenvalue weighted by atomic mass is 10.0. The van der Waals surface area contributed by atoms with Gasteiger partial charge in [0.2, 0.25) is 0 Å². The van der Waals surface area contributed by atoms with E-state index >= 15 is 0 Å². The lowest BCUT2D eigenvalue weighted by Crippen LogP contribution is -2.41. The van der Waals surface area contributed by atoms with Gasteiger partial charge in [-0.1, -0.05) is 18.2 Å². The number of anilines is 1. The molecule has 0 bridgehead atoms. The van der Waals surface area contributed by atoms with E-state index in [-0.39, 0.29) is 5.78 Å². The molecule has 25 heavy (non-hydrogen) atoms. The summed E-state index contributed by atoms with van der Waals surface area (Å²) in [6.07, 6.45) is 2.36. The summed E-state index contributed by atoms with van der Waals surface area (Å²) in [5, 5.41) is 3.63. The Balaban J connectivity index is 1.59. The van der Waals surface area contributed by atoms with Crippen molar-refractivity contribution in [2.24, 2.45) is 0 Å². The van der Waals surface area contributed by atoms with Crippen LogP contribution < -0.4 is 10.1 Å². The molecule has 2 aromatic rings. The van der Waals surface area contributed by atoms with E-state index in [1.807, 2.05) is 30.3 Å². The van der Waals surface area contributed by atoms with Gasteiger partial charge in [-0.05, 0) is 62.2 Å². The summed E-state index contributed by atoms with van der Waals surface area (Å²) in [7, 11) is 1.68. The number of carbonyl (C=O) groups is 1. The predicted molar refractivity (Wildman–Crippen MR) is 101 cm³/mol. The second kappa shape index (κ2) is 8.17. The number of hydrogen-bond acceptors (Lipinski definition) is 4. The van der Waals surface area contributed by atoms with Crippen molar-refractivity contribution in [3.63, 3.8) is 0 Å². The average molecular weight is 338 g/mol. The summed E-state index contributed by atoms with van der Waals surface area (Å²) in [6, 6.07) is 16.5. The van der Waals surface area contributed by atoms with Crippen LogP contribution in [-0.4, -0.2) is 36.9 Å². The number of nitrogens with one attached hydrogen (secondary N) is 1. The highest BCUT2D eigenvalue weighted by atomic mass is 16.5. The summed E-state index contributed by atoms with van der Waals surface area (Å²) in [5.74, 6) is 1.00. The molecule has 4 nitrogen and oxygen atoms in total. The highest BCUT2D eigenvalue weighted by Crippen LogP contribution is 2.20. The summed E-state index contributed by atoms with van der Waals surface area (Å²) in [6.45, 7) is 4.62. The van der Waals surface area contributed by atoms with Crippen LogP contribution in [0.5, 0.6) is 5.75 Å². The first-order valence-electron chi connectivity index (χ1n) is 8.87. The van der Waals surface area contributed by atoms with Crippen LogP contribution >= 0.6 is 0 Å². The zero-order valence-corrected chi connectivity index (χ0v) is 15.0. The van der Waals surface area contributed by atoms with E-state index in [4.69, 9.17) is 4.74 Å². The fraction of sp³-hybridized carbons (Fsp3) is 0.381. The highest BCUT2D eigenvalue weighted by molar-refractivity contribution is 5.94. The molecule has 1 saturated heterocycles. The van der Waals surface area contributed by atoms with Gasteiger partial charge in [-0.25, -0.2) is 0 Å². The van der Waals surface area contributed by atoms with Crippen molar-refractivity contribution in [3.05, 3.63) is 59.7 Å². The Kier molecular flexibility index (Phi) is 5.71. The van der Waals surface area contributed by atoms with Gasteiger partial charge in [0.05, 0.1) is 7.11 Å². The molecule has 1 aliphatic rings. The van der Waals surface area contributed by atoms with Gasteiger partial charge in [0.1, 0.15) is 5.75 Å². The minimum atomic E-state index is 0.125. The third-order valence-corrected chi connectivity index (χ3v) is 4.71. The highest BCUT2D eigenvalue weighted by Gasteiger charge is 2.20. The maximum Gasteiger partial charge on any atom is 0.159 e. The second-order valence-corrected chi connectivity index (χ2v) is 6.70. The van der Waals surface area contributed by atoms with Gasteiger partial charge in [-0.15, -0.1) is 0 Å². The van der Waals surface area contributed by atoms with Crippen molar-refractivity contribution >= 4 is 11.5 Å². The number of piperidine rings is 1. The van der Waals surface area contributed by atoms with Crippen LogP contribution in [0.15, 0.2) is 48.5 Å². The normalized spacial score (nSPS) is 17.9. The molecule has 0 aliphatic carbocycles. The van der Waals surface area contributed by atoms with Gasteiger partial charge in [-0.2, -0.15) is 0 Å². The zero-order chi connectivity index (χ0) is 17.6. The predicted octanol–water partition coefficient (Wildman–Crippen LogP) is 3.97. The molecule has 0 saturated carbocycles. The molecule has 1 N–H and O–H groups in total. The second-order valence-electron chi connectivity index (χ2n) is 6.70. The van der Waals surface area contributed by atoms with Crippen LogP contribution in [0.3, 0.4) is 0 Å². The summed E-state index contributed by atoms with van der Waals surface area (Å²) >= 11 is 0. The van der Waals surface area contributed by atoms with Crippen molar-refractivity contribution < 1.29 is 9.53 Å². The Hall–Kier alpha value is -2.33. The molecule has 132 valence electrons. The molecule has 1 aliphatic heterocycles. The Bertz CT molecular complexity index is 712. The van der Waals surface area contributed by atoms with Gasteiger partial charge >= 0.3 is 0 Å². The molecule has 1 atom stereocenters. The topological polar surface area (TPSA) is 41.6 Å². The number of benzene rings is 2. The Morgan fingerprint density at radius 1 is 1.24 bits per heavy atom. The summed E-state index contributed by atoms with van der Waals surface area (Å²) < 4.78 is 5.21. The molecule has 3 rings (SSSR count). The minimum absolute atomic E-state index is 0.125. The van der Waals surface area contributed by atoms with Crippen LogP contribution in [-0.2, 0) is 6.54 Å². The number of hydrogen-bond donors (Lipinski definition) is 1.